The molecule has 0 aliphatic heterocycles. The van der Waals surface area contributed by atoms with E-state index in [0.717, 1.165) is 33.6 Å². The number of aromatic nitrogens is 2. The van der Waals surface area contributed by atoms with Crippen LogP contribution in [0.1, 0.15) is 11.1 Å². The highest BCUT2D eigenvalue weighted by Crippen LogP contribution is 2.26. The molecule has 0 aliphatic carbocycles. The van der Waals surface area contributed by atoms with E-state index in [9.17, 15) is 0 Å². The van der Waals surface area contributed by atoms with Gasteiger partial charge in [-0.2, -0.15) is 5.26 Å². The summed E-state index contributed by atoms with van der Waals surface area (Å²) in [4.78, 5) is 8.75. The van der Waals surface area contributed by atoms with Gasteiger partial charge in [0.1, 0.15) is 17.9 Å². The summed E-state index contributed by atoms with van der Waals surface area (Å²) in [5.41, 5.74) is 4.43. The maximum atomic E-state index is 8.95. The van der Waals surface area contributed by atoms with Crippen molar-refractivity contribution >= 4 is 28.1 Å². The number of hydrogen-bond donors (Lipinski definition) is 2. The van der Waals surface area contributed by atoms with Gasteiger partial charge in [0.15, 0.2) is 0 Å². The van der Waals surface area contributed by atoms with Crippen LogP contribution in [0.15, 0.2) is 73.1 Å². The number of rotatable bonds is 6. The second-order valence-electron chi connectivity index (χ2n) is 6.47. The van der Waals surface area contributed by atoms with Crippen LogP contribution in [0, 0.1) is 11.3 Å². The summed E-state index contributed by atoms with van der Waals surface area (Å²) in [5.74, 6) is 1.55. The van der Waals surface area contributed by atoms with Gasteiger partial charge in [-0.3, -0.25) is 0 Å². The highest BCUT2D eigenvalue weighted by Gasteiger charge is 2.06. The highest BCUT2D eigenvalue weighted by molar-refractivity contribution is 5.92. The van der Waals surface area contributed by atoms with Gasteiger partial charge >= 0.3 is 0 Å². The quantitative estimate of drug-likeness (QED) is 0.496. The van der Waals surface area contributed by atoms with E-state index in [0.29, 0.717) is 17.9 Å². The average Bonchev–Trinajstić information content (AvgIpc) is 2.78. The molecule has 142 valence electrons. The second kappa shape index (κ2) is 8.28. The molecular weight excluding hydrogens is 362 g/mol. The fraction of sp³-hybridized carbons (Fsp3) is 0.0870. The predicted octanol–water partition coefficient (Wildman–Crippen LogP) is 4.87. The van der Waals surface area contributed by atoms with Gasteiger partial charge in [0.05, 0.1) is 24.3 Å². The van der Waals surface area contributed by atoms with Gasteiger partial charge in [-0.25, -0.2) is 9.97 Å². The minimum Gasteiger partial charge on any atom is -0.497 e. The van der Waals surface area contributed by atoms with E-state index in [1.807, 2.05) is 48.5 Å². The van der Waals surface area contributed by atoms with Gasteiger partial charge in [-0.1, -0.05) is 12.1 Å². The predicted molar refractivity (Wildman–Crippen MR) is 114 cm³/mol. The Morgan fingerprint density at radius 3 is 2.59 bits per heavy atom. The van der Waals surface area contributed by atoms with E-state index in [1.165, 1.54) is 6.33 Å². The molecule has 2 N–H and O–H groups in total. The van der Waals surface area contributed by atoms with Crippen molar-refractivity contribution < 1.29 is 4.74 Å². The number of nitriles is 1. The Hall–Kier alpha value is -4.11. The molecule has 6 heteroatoms. The molecule has 3 aromatic carbocycles. The maximum absolute atomic E-state index is 8.95. The monoisotopic (exact) mass is 381 g/mol. The number of anilines is 3. The van der Waals surface area contributed by atoms with Crippen molar-refractivity contribution in [3.05, 3.63) is 84.2 Å². The fourth-order valence-corrected chi connectivity index (χ4v) is 3.02. The molecule has 4 aromatic rings. The van der Waals surface area contributed by atoms with Crippen molar-refractivity contribution in [2.45, 2.75) is 6.54 Å². The third kappa shape index (κ3) is 4.25. The van der Waals surface area contributed by atoms with Gasteiger partial charge in [0.2, 0.25) is 0 Å². The number of ether oxygens (including phenoxy) is 1. The van der Waals surface area contributed by atoms with Gasteiger partial charge in [0, 0.05) is 23.3 Å². The summed E-state index contributed by atoms with van der Waals surface area (Å²) in [6, 6.07) is 23.3. The fourth-order valence-electron chi connectivity index (χ4n) is 3.02. The first kappa shape index (κ1) is 18.3. The third-order valence-corrected chi connectivity index (χ3v) is 4.54. The van der Waals surface area contributed by atoms with Crippen LogP contribution in [0.2, 0.25) is 0 Å². The Labute approximate surface area is 168 Å². The molecule has 0 atom stereocenters. The van der Waals surface area contributed by atoms with Crippen LogP contribution in [0.4, 0.5) is 17.2 Å². The van der Waals surface area contributed by atoms with E-state index < -0.39 is 0 Å². The number of hydrogen-bond acceptors (Lipinski definition) is 6. The van der Waals surface area contributed by atoms with Crippen molar-refractivity contribution in [3.8, 4) is 11.8 Å². The van der Waals surface area contributed by atoms with Crippen LogP contribution in [-0.4, -0.2) is 17.1 Å². The Kier molecular flexibility index (Phi) is 5.21. The molecule has 0 bridgehead atoms. The molecule has 1 aromatic heterocycles. The average molecular weight is 381 g/mol. The first-order valence-corrected chi connectivity index (χ1v) is 9.14. The molecule has 29 heavy (non-hydrogen) atoms. The van der Waals surface area contributed by atoms with Gasteiger partial charge < -0.3 is 15.4 Å². The number of fused-ring (bicyclic) bond motifs is 1. The SMILES string of the molecule is COc1cccc(CNc2ccc3ncnc(Nc4ccc(C#N)cc4)c3c2)c1. The number of benzene rings is 3. The molecule has 0 saturated heterocycles. The molecule has 4 rings (SSSR count). The van der Waals surface area contributed by atoms with Crippen LogP contribution in [0.5, 0.6) is 5.75 Å². The highest BCUT2D eigenvalue weighted by atomic mass is 16.5. The molecule has 0 aliphatic rings. The summed E-state index contributed by atoms with van der Waals surface area (Å²) in [6.07, 6.45) is 1.54. The lowest BCUT2D eigenvalue weighted by atomic mass is 10.1. The van der Waals surface area contributed by atoms with Crippen LogP contribution in [-0.2, 0) is 6.54 Å². The second-order valence-corrected chi connectivity index (χ2v) is 6.47. The van der Waals surface area contributed by atoms with E-state index in [2.05, 4.69) is 32.7 Å². The zero-order chi connectivity index (χ0) is 20.1. The van der Waals surface area contributed by atoms with Crippen LogP contribution in [0.25, 0.3) is 10.9 Å². The van der Waals surface area contributed by atoms with Gasteiger partial charge in [0.25, 0.3) is 0 Å². The standard InChI is InChI=1S/C23H19N5O/c1-29-20-4-2-3-17(11-20)14-25-19-9-10-22-21(12-19)23(27-15-26-22)28-18-7-5-16(13-24)6-8-18/h2-12,15,25H,14H2,1H3,(H,26,27,28). The summed E-state index contributed by atoms with van der Waals surface area (Å²) >= 11 is 0. The molecular formula is C23H19N5O. The van der Waals surface area contributed by atoms with Crippen LogP contribution < -0.4 is 15.4 Å². The van der Waals surface area contributed by atoms with Crippen molar-refractivity contribution in [1.82, 2.24) is 9.97 Å². The van der Waals surface area contributed by atoms with E-state index in [1.54, 1.807) is 19.2 Å². The largest absolute Gasteiger partial charge is 0.497 e. The third-order valence-electron chi connectivity index (χ3n) is 4.54. The molecule has 0 saturated carbocycles. The number of nitrogens with zero attached hydrogens (tertiary/aromatic N) is 3. The van der Waals surface area contributed by atoms with E-state index >= 15 is 0 Å². The number of methoxy groups -OCH3 is 1. The van der Waals surface area contributed by atoms with E-state index in [4.69, 9.17) is 10.00 Å². The minimum absolute atomic E-state index is 0.618. The zero-order valence-corrected chi connectivity index (χ0v) is 15.9. The molecule has 0 amide bonds. The molecule has 6 nitrogen and oxygen atoms in total. The lowest BCUT2D eigenvalue weighted by Crippen LogP contribution is -2.01. The van der Waals surface area contributed by atoms with Gasteiger partial charge in [-0.05, 0) is 60.2 Å². The Bertz CT molecular complexity index is 1180. The molecule has 1 heterocycles. The lowest BCUT2D eigenvalue weighted by molar-refractivity contribution is 0.414. The summed E-state index contributed by atoms with van der Waals surface area (Å²) < 4.78 is 5.28. The minimum atomic E-state index is 0.618. The smallest absolute Gasteiger partial charge is 0.141 e. The van der Waals surface area contributed by atoms with Crippen molar-refractivity contribution in [2.75, 3.05) is 17.7 Å². The zero-order valence-electron chi connectivity index (χ0n) is 15.9. The topological polar surface area (TPSA) is 82.9 Å². The maximum Gasteiger partial charge on any atom is 0.141 e. The summed E-state index contributed by atoms with van der Waals surface area (Å²) in [5, 5.41) is 16.6. The van der Waals surface area contributed by atoms with Gasteiger partial charge in [-0.15, -0.1) is 0 Å². The number of nitrogens with one attached hydrogen (secondary N) is 2. The van der Waals surface area contributed by atoms with Crippen LogP contribution in [0.3, 0.4) is 0 Å². The molecule has 0 fully saturated rings. The lowest BCUT2D eigenvalue weighted by Gasteiger charge is -2.11. The summed E-state index contributed by atoms with van der Waals surface area (Å²) in [7, 11) is 1.66. The summed E-state index contributed by atoms with van der Waals surface area (Å²) in [6.45, 7) is 0.675. The first-order valence-electron chi connectivity index (χ1n) is 9.14. The Balaban J connectivity index is 1.57. The molecule has 0 radical (unpaired) electrons. The molecule has 0 unspecified atom stereocenters. The van der Waals surface area contributed by atoms with Crippen molar-refractivity contribution in [3.63, 3.8) is 0 Å². The van der Waals surface area contributed by atoms with Crippen LogP contribution >= 0.6 is 0 Å². The normalized spacial score (nSPS) is 10.3. The Morgan fingerprint density at radius 1 is 0.966 bits per heavy atom. The molecule has 0 spiro atoms. The first-order chi connectivity index (χ1) is 14.2. The van der Waals surface area contributed by atoms with Crippen molar-refractivity contribution in [2.24, 2.45) is 0 Å². The van der Waals surface area contributed by atoms with Crippen molar-refractivity contribution in [1.29, 1.82) is 5.26 Å². The Morgan fingerprint density at radius 2 is 1.79 bits per heavy atom. The van der Waals surface area contributed by atoms with E-state index in [-0.39, 0.29) is 0 Å².